The van der Waals surface area contributed by atoms with Crippen molar-refractivity contribution < 1.29 is 0 Å². The second-order valence-electron chi connectivity index (χ2n) is 4.89. The van der Waals surface area contributed by atoms with Gasteiger partial charge in [-0.1, -0.05) is 32.8 Å². The van der Waals surface area contributed by atoms with Crippen LogP contribution in [0.3, 0.4) is 0 Å². The van der Waals surface area contributed by atoms with E-state index in [0.717, 1.165) is 29.9 Å². The van der Waals surface area contributed by atoms with Gasteiger partial charge in [0.2, 0.25) is 0 Å². The summed E-state index contributed by atoms with van der Waals surface area (Å²) in [6.45, 7) is 9.01. The Morgan fingerprint density at radius 3 is 2.42 bits per heavy atom. The Balaban J connectivity index is 3.01. The molecule has 0 aliphatic rings. The first-order valence-electron chi connectivity index (χ1n) is 7.18. The fourth-order valence-electron chi connectivity index (χ4n) is 2.33. The van der Waals surface area contributed by atoms with E-state index in [2.05, 4.69) is 31.7 Å². The molecule has 0 atom stereocenters. The maximum absolute atomic E-state index is 9.31. The Morgan fingerprint density at radius 2 is 1.95 bits per heavy atom. The second kappa shape index (κ2) is 7.81. The molecule has 0 saturated heterocycles. The lowest BCUT2D eigenvalue weighted by molar-refractivity contribution is 0.486. The molecule has 2 N–H and O–H groups in total. The van der Waals surface area contributed by atoms with Gasteiger partial charge in [0.1, 0.15) is 6.07 Å². The van der Waals surface area contributed by atoms with Crippen LogP contribution in [0.2, 0.25) is 0 Å². The minimum Gasteiger partial charge on any atom is -0.370 e. The number of hydrogen-bond donors (Lipinski definition) is 1. The molecule has 1 aromatic rings. The third kappa shape index (κ3) is 3.97. The van der Waals surface area contributed by atoms with E-state index in [1.165, 1.54) is 12.8 Å². The van der Waals surface area contributed by atoms with Gasteiger partial charge in [0, 0.05) is 19.6 Å². The molecule has 0 amide bonds. The summed E-state index contributed by atoms with van der Waals surface area (Å²) in [6.07, 6.45) is 2.35. The standard InChI is InChI=1S/C16H25N3/c1-4-13(5-2)12-19(6-3)16-8-7-14(10-17)9-15(16)11-18/h7-9,13H,4-6,10,12,17H2,1-3H3. The number of nitriles is 1. The minimum absolute atomic E-state index is 0.480. The Hall–Kier alpha value is -1.53. The Bertz CT molecular complexity index is 430. The van der Waals surface area contributed by atoms with E-state index in [-0.39, 0.29) is 0 Å². The highest BCUT2D eigenvalue weighted by molar-refractivity contribution is 5.60. The summed E-state index contributed by atoms with van der Waals surface area (Å²) in [5, 5.41) is 9.31. The van der Waals surface area contributed by atoms with E-state index in [9.17, 15) is 5.26 Å². The van der Waals surface area contributed by atoms with Crippen molar-refractivity contribution >= 4 is 5.69 Å². The lowest BCUT2D eigenvalue weighted by Crippen LogP contribution is -2.29. The van der Waals surface area contributed by atoms with Crippen molar-refractivity contribution in [3.05, 3.63) is 29.3 Å². The van der Waals surface area contributed by atoms with Crippen LogP contribution >= 0.6 is 0 Å². The van der Waals surface area contributed by atoms with Gasteiger partial charge in [-0.05, 0) is 30.5 Å². The van der Waals surface area contributed by atoms with Crippen molar-refractivity contribution in [3.8, 4) is 6.07 Å². The molecule has 0 fully saturated rings. The summed E-state index contributed by atoms with van der Waals surface area (Å²) in [7, 11) is 0. The van der Waals surface area contributed by atoms with Crippen molar-refractivity contribution in [1.82, 2.24) is 0 Å². The van der Waals surface area contributed by atoms with Gasteiger partial charge in [0.05, 0.1) is 11.3 Å². The van der Waals surface area contributed by atoms with E-state index >= 15 is 0 Å². The van der Waals surface area contributed by atoms with E-state index < -0.39 is 0 Å². The summed E-state index contributed by atoms with van der Waals surface area (Å²) in [6, 6.07) is 8.26. The third-order valence-corrected chi connectivity index (χ3v) is 3.77. The van der Waals surface area contributed by atoms with Crippen LogP contribution in [0.1, 0.15) is 44.7 Å². The molecule has 0 heterocycles. The van der Waals surface area contributed by atoms with Gasteiger partial charge in [-0.25, -0.2) is 0 Å². The first-order chi connectivity index (χ1) is 9.19. The molecule has 0 aliphatic carbocycles. The van der Waals surface area contributed by atoms with Crippen LogP contribution in [0.25, 0.3) is 0 Å². The molecule has 1 rings (SSSR count). The molecule has 0 radical (unpaired) electrons. The summed E-state index contributed by atoms with van der Waals surface area (Å²) in [4.78, 5) is 2.30. The fourth-order valence-corrected chi connectivity index (χ4v) is 2.33. The number of anilines is 1. The number of rotatable bonds is 7. The maximum atomic E-state index is 9.31. The topological polar surface area (TPSA) is 53.0 Å². The molecule has 3 heteroatoms. The Labute approximate surface area is 117 Å². The first-order valence-corrected chi connectivity index (χ1v) is 7.18. The zero-order valence-corrected chi connectivity index (χ0v) is 12.3. The van der Waals surface area contributed by atoms with Crippen molar-refractivity contribution in [2.45, 2.75) is 40.2 Å². The van der Waals surface area contributed by atoms with Crippen molar-refractivity contribution in [3.63, 3.8) is 0 Å². The average Bonchev–Trinajstić information content (AvgIpc) is 2.48. The highest BCUT2D eigenvalue weighted by Crippen LogP contribution is 2.23. The molecule has 19 heavy (non-hydrogen) atoms. The first kappa shape index (κ1) is 15.5. The SMILES string of the molecule is CCC(CC)CN(CC)c1ccc(CN)cc1C#N. The van der Waals surface area contributed by atoms with Crippen LogP contribution in [0.4, 0.5) is 5.69 Å². The van der Waals surface area contributed by atoms with Gasteiger partial charge in [0.15, 0.2) is 0 Å². The Morgan fingerprint density at radius 1 is 1.26 bits per heavy atom. The van der Waals surface area contributed by atoms with Gasteiger partial charge in [-0.2, -0.15) is 5.26 Å². The maximum Gasteiger partial charge on any atom is 0.101 e. The Kier molecular flexibility index (Phi) is 6.38. The minimum atomic E-state index is 0.480. The van der Waals surface area contributed by atoms with Gasteiger partial charge in [-0.3, -0.25) is 0 Å². The monoisotopic (exact) mass is 259 g/mol. The normalized spacial score (nSPS) is 10.5. The number of benzene rings is 1. The molecule has 3 nitrogen and oxygen atoms in total. The van der Waals surface area contributed by atoms with Crippen LogP contribution in [0.15, 0.2) is 18.2 Å². The van der Waals surface area contributed by atoms with E-state index in [0.29, 0.717) is 12.5 Å². The molecular weight excluding hydrogens is 234 g/mol. The van der Waals surface area contributed by atoms with Crippen LogP contribution in [-0.2, 0) is 6.54 Å². The van der Waals surface area contributed by atoms with Crippen LogP contribution < -0.4 is 10.6 Å². The van der Waals surface area contributed by atoms with Gasteiger partial charge in [-0.15, -0.1) is 0 Å². The lowest BCUT2D eigenvalue weighted by Gasteiger charge is -2.28. The molecule has 0 spiro atoms. The summed E-state index contributed by atoms with van der Waals surface area (Å²) < 4.78 is 0. The molecule has 0 unspecified atom stereocenters. The largest absolute Gasteiger partial charge is 0.370 e. The van der Waals surface area contributed by atoms with Crippen LogP contribution in [0, 0.1) is 17.2 Å². The molecule has 0 bridgehead atoms. The highest BCUT2D eigenvalue weighted by Gasteiger charge is 2.14. The average molecular weight is 259 g/mol. The van der Waals surface area contributed by atoms with Gasteiger partial charge >= 0.3 is 0 Å². The second-order valence-corrected chi connectivity index (χ2v) is 4.89. The molecule has 104 valence electrons. The van der Waals surface area contributed by atoms with Crippen molar-refractivity contribution in [1.29, 1.82) is 5.26 Å². The van der Waals surface area contributed by atoms with E-state index in [1.54, 1.807) is 0 Å². The third-order valence-electron chi connectivity index (χ3n) is 3.77. The van der Waals surface area contributed by atoms with Crippen LogP contribution in [-0.4, -0.2) is 13.1 Å². The van der Waals surface area contributed by atoms with Crippen molar-refractivity contribution in [2.24, 2.45) is 11.7 Å². The van der Waals surface area contributed by atoms with Gasteiger partial charge in [0.25, 0.3) is 0 Å². The zero-order chi connectivity index (χ0) is 14.3. The van der Waals surface area contributed by atoms with E-state index in [4.69, 9.17) is 5.73 Å². The molecule has 0 aliphatic heterocycles. The molecule has 0 saturated carbocycles. The lowest BCUT2D eigenvalue weighted by atomic mass is 10.0. The smallest absolute Gasteiger partial charge is 0.101 e. The summed E-state index contributed by atoms with van der Waals surface area (Å²) >= 11 is 0. The van der Waals surface area contributed by atoms with Crippen LogP contribution in [0.5, 0.6) is 0 Å². The number of nitrogens with zero attached hydrogens (tertiary/aromatic N) is 2. The van der Waals surface area contributed by atoms with Gasteiger partial charge < -0.3 is 10.6 Å². The highest BCUT2D eigenvalue weighted by atomic mass is 15.1. The number of hydrogen-bond acceptors (Lipinski definition) is 3. The quantitative estimate of drug-likeness (QED) is 0.817. The van der Waals surface area contributed by atoms with E-state index in [1.807, 2.05) is 18.2 Å². The molecular formula is C16H25N3. The summed E-state index contributed by atoms with van der Waals surface area (Å²) in [5.41, 5.74) is 8.41. The molecule has 0 aromatic heterocycles. The predicted molar refractivity (Wildman–Crippen MR) is 81.0 cm³/mol. The summed E-state index contributed by atoms with van der Waals surface area (Å²) in [5.74, 6) is 0.681. The van der Waals surface area contributed by atoms with Crippen molar-refractivity contribution in [2.75, 3.05) is 18.0 Å². The molecule has 1 aromatic carbocycles. The zero-order valence-electron chi connectivity index (χ0n) is 12.3. The fraction of sp³-hybridized carbons (Fsp3) is 0.562. The predicted octanol–water partition coefficient (Wildman–Crippen LogP) is 3.28. The number of nitrogens with two attached hydrogens (primary N) is 1.